The smallest absolute Gasteiger partial charge is 0.343 e. The van der Waals surface area contributed by atoms with E-state index in [2.05, 4.69) is 4.98 Å². The van der Waals surface area contributed by atoms with Gasteiger partial charge in [-0.2, -0.15) is 0 Å². The van der Waals surface area contributed by atoms with Gasteiger partial charge in [-0.15, -0.1) is 0 Å². The zero-order chi connectivity index (χ0) is 22.1. The SMILES string of the molecule is Cc1oc2ncn(C)c(=O)c2c1C(=O)OCC(=O)N1CCN(c2ccccc2F)CC1. The molecular formula is C21H21FN4O5. The molecule has 4 rings (SSSR count). The van der Waals surface area contributed by atoms with Crippen LogP contribution >= 0.6 is 0 Å². The molecule has 0 N–H and O–H groups in total. The van der Waals surface area contributed by atoms with Crippen molar-refractivity contribution >= 4 is 28.7 Å². The third kappa shape index (κ3) is 3.88. The first-order valence-corrected chi connectivity index (χ1v) is 9.76. The van der Waals surface area contributed by atoms with Crippen molar-refractivity contribution in [3.05, 3.63) is 58.1 Å². The maximum Gasteiger partial charge on any atom is 0.343 e. The molecular weight excluding hydrogens is 407 g/mol. The van der Waals surface area contributed by atoms with Crippen LogP contribution in [0, 0.1) is 12.7 Å². The Bertz CT molecular complexity index is 1210. The Hall–Kier alpha value is -3.69. The molecule has 10 heteroatoms. The first-order valence-electron chi connectivity index (χ1n) is 9.76. The number of furan rings is 1. The highest BCUT2D eigenvalue weighted by molar-refractivity contribution is 6.03. The summed E-state index contributed by atoms with van der Waals surface area (Å²) in [4.78, 5) is 44.9. The van der Waals surface area contributed by atoms with Crippen LogP contribution in [-0.4, -0.2) is 59.1 Å². The van der Waals surface area contributed by atoms with E-state index in [1.54, 1.807) is 23.1 Å². The molecule has 0 saturated carbocycles. The summed E-state index contributed by atoms with van der Waals surface area (Å²) in [7, 11) is 1.51. The monoisotopic (exact) mass is 428 g/mol. The van der Waals surface area contributed by atoms with Gasteiger partial charge in [-0.05, 0) is 19.1 Å². The van der Waals surface area contributed by atoms with Gasteiger partial charge in [0.1, 0.15) is 28.9 Å². The molecule has 0 radical (unpaired) electrons. The number of ether oxygens (including phenoxy) is 1. The number of anilines is 1. The minimum absolute atomic E-state index is 0.0263. The topological polar surface area (TPSA) is 97.9 Å². The standard InChI is InChI=1S/C21H21FN4O5/c1-13-17(18-19(31-13)23-12-24(2)20(18)28)21(29)30-11-16(27)26-9-7-25(8-10-26)15-6-4-3-5-14(15)22/h3-6,12H,7-11H2,1-2H3. The van der Waals surface area contributed by atoms with Gasteiger partial charge in [0.05, 0.1) is 5.69 Å². The molecule has 1 amide bonds. The second-order valence-electron chi connectivity index (χ2n) is 7.27. The van der Waals surface area contributed by atoms with E-state index in [1.807, 2.05) is 4.90 Å². The van der Waals surface area contributed by atoms with E-state index >= 15 is 0 Å². The number of carbonyl (C=O) groups is 2. The number of hydrogen-bond donors (Lipinski definition) is 0. The first-order chi connectivity index (χ1) is 14.9. The molecule has 162 valence electrons. The van der Waals surface area contributed by atoms with Crippen LogP contribution in [0.5, 0.6) is 0 Å². The predicted molar refractivity (Wildman–Crippen MR) is 109 cm³/mol. The minimum Gasteiger partial charge on any atom is -0.452 e. The molecule has 1 aromatic carbocycles. The van der Waals surface area contributed by atoms with Gasteiger partial charge in [0.25, 0.3) is 11.5 Å². The maximum absolute atomic E-state index is 14.0. The van der Waals surface area contributed by atoms with Crippen molar-refractivity contribution in [2.45, 2.75) is 6.92 Å². The van der Waals surface area contributed by atoms with E-state index in [4.69, 9.17) is 9.15 Å². The van der Waals surface area contributed by atoms with Crippen LogP contribution < -0.4 is 10.5 Å². The van der Waals surface area contributed by atoms with Crippen LogP contribution in [0.2, 0.25) is 0 Å². The molecule has 0 atom stereocenters. The Morgan fingerprint density at radius 2 is 1.90 bits per heavy atom. The van der Waals surface area contributed by atoms with Crippen molar-refractivity contribution in [3.8, 4) is 0 Å². The third-order valence-corrected chi connectivity index (χ3v) is 5.30. The highest BCUT2D eigenvalue weighted by Crippen LogP contribution is 2.22. The number of esters is 1. The fraction of sp³-hybridized carbons (Fsp3) is 0.333. The summed E-state index contributed by atoms with van der Waals surface area (Å²) in [6.07, 6.45) is 1.30. The summed E-state index contributed by atoms with van der Waals surface area (Å²) in [5, 5.41) is 0.0263. The molecule has 3 aromatic rings. The van der Waals surface area contributed by atoms with Crippen molar-refractivity contribution < 1.29 is 23.1 Å². The van der Waals surface area contributed by atoms with Gasteiger partial charge >= 0.3 is 5.97 Å². The molecule has 31 heavy (non-hydrogen) atoms. The van der Waals surface area contributed by atoms with Gasteiger partial charge in [-0.25, -0.2) is 14.2 Å². The van der Waals surface area contributed by atoms with Crippen molar-refractivity contribution in [2.24, 2.45) is 7.05 Å². The van der Waals surface area contributed by atoms with Gasteiger partial charge < -0.3 is 23.5 Å². The summed E-state index contributed by atoms with van der Waals surface area (Å²) < 4.78 is 25.7. The van der Waals surface area contributed by atoms with Gasteiger partial charge in [0.2, 0.25) is 5.71 Å². The number of para-hydroxylation sites is 1. The molecule has 1 fully saturated rings. The number of aromatic nitrogens is 2. The number of hydrogen-bond acceptors (Lipinski definition) is 7. The van der Waals surface area contributed by atoms with Crippen LogP contribution in [0.25, 0.3) is 11.1 Å². The summed E-state index contributed by atoms with van der Waals surface area (Å²) in [5.41, 5.74) is 0.0759. The van der Waals surface area contributed by atoms with E-state index < -0.39 is 18.1 Å². The lowest BCUT2D eigenvalue weighted by molar-refractivity contribution is -0.134. The van der Waals surface area contributed by atoms with Crippen LogP contribution in [0.3, 0.4) is 0 Å². The number of rotatable bonds is 4. The lowest BCUT2D eigenvalue weighted by Gasteiger charge is -2.36. The minimum atomic E-state index is -0.820. The summed E-state index contributed by atoms with van der Waals surface area (Å²) in [6, 6.07) is 6.49. The van der Waals surface area contributed by atoms with Crippen molar-refractivity contribution in [2.75, 3.05) is 37.7 Å². The maximum atomic E-state index is 14.0. The van der Waals surface area contributed by atoms with Crippen LogP contribution in [0.15, 0.2) is 39.8 Å². The first kappa shape index (κ1) is 20.6. The number of halogens is 1. The molecule has 2 aromatic heterocycles. The van der Waals surface area contributed by atoms with Crippen LogP contribution in [0.4, 0.5) is 10.1 Å². The normalized spacial score (nSPS) is 14.2. The average molecular weight is 428 g/mol. The Kier molecular flexibility index (Phi) is 5.45. The van der Waals surface area contributed by atoms with E-state index in [0.29, 0.717) is 31.9 Å². The van der Waals surface area contributed by atoms with Crippen LogP contribution in [0.1, 0.15) is 16.1 Å². The summed E-state index contributed by atoms with van der Waals surface area (Å²) >= 11 is 0. The number of amides is 1. The van der Waals surface area contributed by atoms with Gasteiger partial charge in [0.15, 0.2) is 6.61 Å². The third-order valence-electron chi connectivity index (χ3n) is 5.30. The Morgan fingerprint density at radius 1 is 1.19 bits per heavy atom. The van der Waals surface area contributed by atoms with E-state index in [9.17, 15) is 18.8 Å². The van der Waals surface area contributed by atoms with E-state index in [1.165, 1.54) is 30.9 Å². The average Bonchev–Trinajstić information content (AvgIpc) is 3.11. The highest BCUT2D eigenvalue weighted by atomic mass is 19.1. The van der Waals surface area contributed by atoms with Gasteiger partial charge in [-0.1, -0.05) is 12.1 Å². The Labute approximate surface area is 176 Å². The molecule has 3 heterocycles. The molecule has 1 aliphatic heterocycles. The van der Waals surface area contributed by atoms with Crippen molar-refractivity contribution in [1.82, 2.24) is 14.5 Å². The molecule has 0 spiro atoms. The molecule has 0 unspecified atom stereocenters. The van der Waals surface area contributed by atoms with Crippen molar-refractivity contribution in [1.29, 1.82) is 0 Å². The number of fused-ring (bicyclic) bond motifs is 1. The number of benzene rings is 1. The zero-order valence-corrected chi connectivity index (χ0v) is 17.1. The van der Waals surface area contributed by atoms with Gasteiger partial charge in [0, 0.05) is 33.2 Å². The molecule has 1 aliphatic rings. The largest absolute Gasteiger partial charge is 0.452 e. The molecule has 9 nitrogen and oxygen atoms in total. The quantitative estimate of drug-likeness (QED) is 0.581. The second kappa shape index (κ2) is 8.21. The number of carbonyl (C=O) groups excluding carboxylic acids is 2. The lowest BCUT2D eigenvalue weighted by Crippen LogP contribution is -2.50. The molecule has 0 bridgehead atoms. The summed E-state index contributed by atoms with van der Waals surface area (Å²) in [6.45, 7) is 2.75. The molecule has 0 aliphatic carbocycles. The van der Waals surface area contributed by atoms with Gasteiger partial charge in [-0.3, -0.25) is 9.59 Å². The van der Waals surface area contributed by atoms with E-state index in [0.717, 1.165) is 0 Å². The highest BCUT2D eigenvalue weighted by Gasteiger charge is 2.27. The van der Waals surface area contributed by atoms with E-state index in [-0.39, 0.29) is 34.1 Å². The zero-order valence-electron chi connectivity index (χ0n) is 17.1. The number of aryl methyl sites for hydroxylation is 2. The van der Waals surface area contributed by atoms with Crippen molar-refractivity contribution in [3.63, 3.8) is 0 Å². The Morgan fingerprint density at radius 3 is 2.61 bits per heavy atom. The summed E-state index contributed by atoms with van der Waals surface area (Å²) in [5.74, 6) is -1.29. The fourth-order valence-electron chi connectivity index (χ4n) is 3.63. The lowest BCUT2D eigenvalue weighted by atomic mass is 10.2. The van der Waals surface area contributed by atoms with Crippen LogP contribution in [-0.2, 0) is 16.6 Å². The predicted octanol–water partition coefficient (Wildman–Crippen LogP) is 1.48. The second-order valence-corrected chi connectivity index (χ2v) is 7.27. The molecule has 1 saturated heterocycles. The number of nitrogens with zero attached hydrogens (tertiary/aromatic N) is 4. The Balaban J connectivity index is 1.39. The fourth-order valence-corrected chi connectivity index (χ4v) is 3.63. The number of piperazine rings is 1.